The van der Waals surface area contributed by atoms with E-state index in [1.54, 1.807) is 0 Å². The van der Waals surface area contributed by atoms with Gasteiger partial charge in [0.05, 0.1) is 6.10 Å². The number of rotatable bonds is 6. The highest BCUT2D eigenvalue weighted by Crippen LogP contribution is 2.32. The second-order valence-electron chi connectivity index (χ2n) is 4.94. The average molecular weight is 262 g/mol. The molecule has 0 aromatic heterocycles. The van der Waals surface area contributed by atoms with Gasteiger partial charge in [-0.25, -0.2) is 0 Å². The number of ether oxygens (including phenoxy) is 1. The number of amides is 1. The molecule has 0 saturated carbocycles. The van der Waals surface area contributed by atoms with Crippen molar-refractivity contribution in [2.75, 3.05) is 25.0 Å². The van der Waals surface area contributed by atoms with Gasteiger partial charge in [-0.3, -0.25) is 4.79 Å². The predicted molar refractivity (Wildman–Crippen MR) is 76.4 cm³/mol. The van der Waals surface area contributed by atoms with E-state index in [0.717, 1.165) is 12.2 Å². The molecule has 1 heterocycles. The molecule has 0 fully saturated rings. The highest BCUT2D eigenvalue weighted by atomic mass is 16.5. The summed E-state index contributed by atoms with van der Waals surface area (Å²) in [6, 6.07) is 8.19. The summed E-state index contributed by atoms with van der Waals surface area (Å²) in [5.41, 5.74) is 2.40. The molecule has 2 atom stereocenters. The number of nitrogens with one attached hydrogen (secondary N) is 2. The summed E-state index contributed by atoms with van der Waals surface area (Å²) in [6.45, 7) is 6.02. The molecule has 4 nitrogen and oxygen atoms in total. The fourth-order valence-electron chi connectivity index (χ4n) is 2.44. The Labute approximate surface area is 114 Å². The molecular weight excluding hydrogens is 240 g/mol. The van der Waals surface area contributed by atoms with Crippen LogP contribution in [0.3, 0.4) is 0 Å². The summed E-state index contributed by atoms with van der Waals surface area (Å²) in [4.78, 5) is 11.9. The van der Waals surface area contributed by atoms with E-state index in [-0.39, 0.29) is 17.9 Å². The summed E-state index contributed by atoms with van der Waals surface area (Å²) in [5, 5.41) is 6.27. The maximum atomic E-state index is 11.9. The molecule has 1 aromatic carbocycles. The molecule has 1 aliphatic heterocycles. The van der Waals surface area contributed by atoms with Crippen LogP contribution in [0.5, 0.6) is 0 Å². The van der Waals surface area contributed by atoms with Crippen LogP contribution in [0.15, 0.2) is 24.3 Å². The maximum absolute atomic E-state index is 11.9. The van der Waals surface area contributed by atoms with Crippen molar-refractivity contribution < 1.29 is 9.53 Å². The summed E-state index contributed by atoms with van der Waals surface area (Å²) < 4.78 is 5.39. The van der Waals surface area contributed by atoms with Crippen LogP contribution in [0.25, 0.3) is 0 Å². The molecule has 0 saturated heterocycles. The second-order valence-corrected chi connectivity index (χ2v) is 4.94. The molecule has 2 unspecified atom stereocenters. The third-order valence-electron chi connectivity index (χ3n) is 3.41. The van der Waals surface area contributed by atoms with Crippen LogP contribution in [0.2, 0.25) is 0 Å². The summed E-state index contributed by atoms with van der Waals surface area (Å²) in [6.07, 6.45) is 0.603. The zero-order chi connectivity index (χ0) is 13.7. The van der Waals surface area contributed by atoms with Crippen molar-refractivity contribution in [1.82, 2.24) is 5.32 Å². The molecule has 104 valence electrons. The first kappa shape index (κ1) is 13.9. The first-order chi connectivity index (χ1) is 9.20. The van der Waals surface area contributed by atoms with Crippen molar-refractivity contribution in [2.24, 2.45) is 0 Å². The smallest absolute Gasteiger partial charge is 0.220 e. The van der Waals surface area contributed by atoms with Crippen LogP contribution >= 0.6 is 0 Å². The van der Waals surface area contributed by atoms with E-state index in [9.17, 15) is 4.79 Å². The molecule has 0 aliphatic carbocycles. The number of para-hydroxylation sites is 1. The van der Waals surface area contributed by atoms with Crippen LogP contribution in [-0.4, -0.2) is 31.7 Å². The van der Waals surface area contributed by atoms with Gasteiger partial charge >= 0.3 is 0 Å². The van der Waals surface area contributed by atoms with Crippen LogP contribution in [-0.2, 0) is 9.53 Å². The standard InChI is InChI=1S/C15H22N2O2/c1-3-19-11(2)9-17-15(18)8-12-10-16-14-7-5-4-6-13(12)14/h4-7,11-12,16H,3,8-10H2,1-2H3,(H,17,18). The SMILES string of the molecule is CCOC(C)CNC(=O)CC1CNc2ccccc21. The molecule has 19 heavy (non-hydrogen) atoms. The Morgan fingerprint density at radius 1 is 1.53 bits per heavy atom. The van der Waals surface area contributed by atoms with Gasteiger partial charge in [0.15, 0.2) is 0 Å². The van der Waals surface area contributed by atoms with Crippen LogP contribution in [0.1, 0.15) is 31.7 Å². The van der Waals surface area contributed by atoms with Crippen LogP contribution < -0.4 is 10.6 Å². The number of carbonyl (C=O) groups is 1. The van der Waals surface area contributed by atoms with Gasteiger partial charge in [-0.1, -0.05) is 18.2 Å². The first-order valence-electron chi connectivity index (χ1n) is 6.91. The van der Waals surface area contributed by atoms with E-state index < -0.39 is 0 Å². The summed E-state index contributed by atoms with van der Waals surface area (Å²) in [7, 11) is 0. The monoisotopic (exact) mass is 262 g/mol. The van der Waals surface area contributed by atoms with Gasteiger partial charge in [0.1, 0.15) is 0 Å². The van der Waals surface area contributed by atoms with E-state index in [0.29, 0.717) is 19.6 Å². The minimum Gasteiger partial charge on any atom is -0.384 e. The number of hydrogen-bond donors (Lipinski definition) is 2. The minimum absolute atomic E-state index is 0.0722. The lowest BCUT2D eigenvalue weighted by Crippen LogP contribution is -2.33. The number of fused-ring (bicyclic) bond motifs is 1. The predicted octanol–water partition coefficient (Wildman–Crippen LogP) is 2.13. The number of benzene rings is 1. The van der Waals surface area contributed by atoms with Gasteiger partial charge in [0, 0.05) is 37.7 Å². The maximum Gasteiger partial charge on any atom is 0.220 e. The Kier molecular flexibility index (Phi) is 4.80. The van der Waals surface area contributed by atoms with Gasteiger partial charge in [-0.2, -0.15) is 0 Å². The van der Waals surface area contributed by atoms with E-state index >= 15 is 0 Å². The Morgan fingerprint density at radius 2 is 2.32 bits per heavy atom. The average Bonchev–Trinajstić information content (AvgIpc) is 2.80. The second kappa shape index (κ2) is 6.57. The molecule has 0 bridgehead atoms. The molecule has 4 heteroatoms. The van der Waals surface area contributed by atoms with Crippen molar-refractivity contribution in [1.29, 1.82) is 0 Å². The Bertz CT molecular complexity index is 434. The first-order valence-corrected chi connectivity index (χ1v) is 6.91. The topological polar surface area (TPSA) is 50.4 Å². The molecular formula is C15H22N2O2. The Balaban J connectivity index is 1.81. The van der Waals surface area contributed by atoms with Crippen molar-refractivity contribution >= 4 is 11.6 Å². The Hall–Kier alpha value is -1.55. The Morgan fingerprint density at radius 3 is 3.11 bits per heavy atom. The third kappa shape index (κ3) is 3.70. The number of anilines is 1. The summed E-state index contributed by atoms with van der Waals surface area (Å²) in [5.74, 6) is 0.369. The third-order valence-corrected chi connectivity index (χ3v) is 3.41. The molecule has 1 amide bonds. The molecule has 0 radical (unpaired) electrons. The lowest BCUT2D eigenvalue weighted by molar-refractivity contribution is -0.122. The zero-order valence-corrected chi connectivity index (χ0v) is 11.6. The van der Waals surface area contributed by atoms with Gasteiger partial charge in [0.2, 0.25) is 5.91 Å². The quantitative estimate of drug-likeness (QED) is 0.825. The van der Waals surface area contributed by atoms with E-state index in [1.165, 1.54) is 5.56 Å². The van der Waals surface area contributed by atoms with E-state index in [4.69, 9.17) is 4.74 Å². The lowest BCUT2D eigenvalue weighted by Gasteiger charge is -2.14. The number of carbonyl (C=O) groups excluding carboxylic acids is 1. The molecule has 2 N–H and O–H groups in total. The normalized spacial score (nSPS) is 18.5. The molecule has 1 aliphatic rings. The van der Waals surface area contributed by atoms with Crippen LogP contribution in [0, 0.1) is 0 Å². The highest BCUT2D eigenvalue weighted by molar-refractivity contribution is 5.78. The number of hydrogen-bond acceptors (Lipinski definition) is 3. The summed E-state index contributed by atoms with van der Waals surface area (Å²) >= 11 is 0. The van der Waals surface area contributed by atoms with Gasteiger partial charge < -0.3 is 15.4 Å². The van der Waals surface area contributed by atoms with Crippen molar-refractivity contribution in [3.63, 3.8) is 0 Å². The largest absolute Gasteiger partial charge is 0.384 e. The zero-order valence-electron chi connectivity index (χ0n) is 11.6. The van der Waals surface area contributed by atoms with Gasteiger partial charge in [-0.05, 0) is 25.5 Å². The van der Waals surface area contributed by atoms with Crippen LogP contribution in [0.4, 0.5) is 5.69 Å². The van der Waals surface area contributed by atoms with Crippen molar-refractivity contribution in [3.05, 3.63) is 29.8 Å². The molecule has 0 spiro atoms. The highest BCUT2D eigenvalue weighted by Gasteiger charge is 2.23. The minimum atomic E-state index is 0.0722. The molecule has 2 rings (SSSR count). The van der Waals surface area contributed by atoms with Crippen molar-refractivity contribution in [3.8, 4) is 0 Å². The van der Waals surface area contributed by atoms with E-state index in [1.807, 2.05) is 26.0 Å². The fourth-order valence-corrected chi connectivity index (χ4v) is 2.44. The van der Waals surface area contributed by atoms with Crippen molar-refractivity contribution in [2.45, 2.75) is 32.3 Å². The van der Waals surface area contributed by atoms with E-state index in [2.05, 4.69) is 22.8 Å². The fraction of sp³-hybridized carbons (Fsp3) is 0.533. The lowest BCUT2D eigenvalue weighted by atomic mass is 9.97. The van der Waals surface area contributed by atoms with Gasteiger partial charge in [0.25, 0.3) is 0 Å². The molecule has 1 aromatic rings. The van der Waals surface area contributed by atoms with Gasteiger partial charge in [-0.15, -0.1) is 0 Å².